The van der Waals surface area contributed by atoms with Crippen LogP contribution in [-0.2, 0) is 0 Å². The molecule has 0 aliphatic rings. The highest BCUT2D eigenvalue weighted by Crippen LogP contribution is 2.32. The Bertz CT molecular complexity index is 1120. The van der Waals surface area contributed by atoms with Gasteiger partial charge in [-0.3, -0.25) is 14.6 Å². The van der Waals surface area contributed by atoms with Crippen LogP contribution < -0.4 is 10.9 Å². The van der Waals surface area contributed by atoms with E-state index >= 15 is 0 Å². The molecule has 3 rings (SSSR count). The number of aromatic amines is 1. The summed E-state index contributed by atoms with van der Waals surface area (Å²) in [6.07, 6.45) is -6.52. The Labute approximate surface area is 157 Å². The predicted molar refractivity (Wildman–Crippen MR) is 97.2 cm³/mol. The van der Waals surface area contributed by atoms with Gasteiger partial charge in [-0.2, -0.15) is 13.2 Å². The van der Waals surface area contributed by atoms with E-state index in [4.69, 9.17) is 0 Å². The van der Waals surface area contributed by atoms with Crippen molar-refractivity contribution in [2.75, 3.05) is 5.32 Å². The number of nitrogens with one attached hydrogen (secondary N) is 2. The van der Waals surface area contributed by atoms with Gasteiger partial charge in [0, 0.05) is 28.9 Å². The zero-order valence-corrected chi connectivity index (χ0v) is 14.9. The van der Waals surface area contributed by atoms with E-state index < -0.39 is 23.8 Å². The summed E-state index contributed by atoms with van der Waals surface area (Å²) in [5, 5.41) is 12.7. The van der Waals surface area contributed by atoms with Gasteiger partial charge in [0.1, 0.15) is 5.69 Å². The first-order valence-electron chi connectivity index (χ1n) is 8.22. The van der Waals surface area contributed by atoms with Crippen LogP contribution in [0.3, 0.4) is 0 Å². The molecular formula is C19H16F3N3O3. The first-order chi connectivity index (χ1) is 13.1. The summed E-state index contributed by atoms with van der Waals surface area (Å²) in [4.78, 5) is 30.5. The number of pyridine rings is 2. The van der Waals surface area contributed by atoms with Crippen LogP contribution in [0.4, 0.5) is 18.9 Å². The number of aromatic nitrogens is 2. The number of aliphatic hydroxyl groups excluding tert-OH is 1. The molecule has 1 atom stereocenters. The molecule has 146 valence electrons. The van der Waals surface area contributed by atoms with Gasteiger partial charge >= 0.3 is 6.18 Å². The number of rotatable bonds is 3. The summed E-state index contributed by atoms with van der Waals surface area (Å²) >= 11 is 0. The molecule has 2 heterocycles. The molecule has 0 bridgehead atoms. The Kier molecular flexibility index (Phi) is 4.95. The maximum Gasteiger partial charge on any atom is 0.418 e. The number of anilines is 1. The molecule has 0 spiro atoms. The molecule has 1 unspecified atom stereocenters. The van der Waals surface area contributed by atoms with E-state index in [9.17, 15) is 27.9 Å². The first kappa shape index (κ1) is 19.6. The Morgan fingerprint density at radius 2 is 1.89 bits per heavy atom. The molecule has 2 aromatic heterocycles. The number of fused-ring (bicyclic) bond motifs is 1. The van der Waals surface area contributed by atoms with Crippen LogP contribution in [-0.4, -0.2) is 27.2 Å². The second-order valence-corrected chi connectivity index (χ2v) is 6.40. The van der Waals surface area contributed by atoms with E-state index in [0.717, 1.165) is 23.7 Å². The number of benzene rings is 1. The van der Waals surface area contributed by atoms with Crippen molar-refractivity contribution in [3.05, 3.63) is 69.3 Å². The predicted octanol–water partition coefficient (Wildman–Crippen LogP) is 3.39. The van der Waals surface area contributed by atoms with Crippen LogP contribution in [0.2, 0.25) is 0 Å². The fraction of sp³-hybridized carbons (Fsp3) is 0.211. The SMILES string of the molecule is Cc1cc2[nH]c(=O)cc(C)c2cc1NC(=O)c1cc(C(O)C(F)(F)F)ccn1. The number of carbonyl (C=O) groups is 1. The topological polar surface area (TPSA) is 95.1 Å². The number of alkyl halides is 3. The molecule has 0 saturated carbocycles. The van der Waals surface area contributed by atoms with E-state index in [2.05, 4.69) is 15.3 Å². The summed E-state index contributed by atoms with van der Waals surface area (Å²) in [5.41, 5.74) is 1.40. The van der Waals surface area contributed by atoms with Crippen molar-refractivity contribution in [1.29, 1.82) is 0 Å². The molecule has 3 N–H and O–H groups in total. The number of hydrogen-bond acceptors (Lipinski definition) is 4. The van der Waals surface area contributed by atoms with Crippen molar-refractivity contribution in [3.63, 3.8) is 0 Å². The van der Waals surface area contributed by atoms with Gasteiger partial charge < -0.3 is 15.4 Å². The second kappa shape index (κ2) is 7.08. The largest absolute Gasteiger partial charge is 0.418 e. The van der Waals surface area contributed by atoms with Gasteiger partial charge in [-0.15, -0.1) is 0 Å². The second-order valence-electron chi connectivity index (χ2n) is 6.40. The zero-order chi connectivity index (χ0) is 20.6. The molecule has 9 heteroatoms. The lowest BCUT2D eigenvalue weighted by Gasteiger charge is -2.15. The van der Waals surface area contributed by atoms with E-state index in [-0.39, 0.29) is 11.3 Å². The molecule has 0 saturated heterocycles. The average Bonchev–Trinajstić information content (AvgIpc) is 2.61. The molecule has 0 fully saturated rings. The molecular weight excluding hydrogens is 375 g/mol. The third-order valence-electron chi connectivity index (χ3n) is 4.29. The molecule has 0 aliphatic carbocycles. The van der Waals surface area contributed by atoms with Gasteiger partial charge in [-0.25, -0.2) is 0 Å². The van der Waals surface area contributed by atoms with E-state index in [1.54, 1.807) is 26.0 Å². The fourth-order valence-corrected chi connectivity index (χ4v) is 2.83. The molecule has 0 aliphatic heterocycles. The Morgan fingerprint density at radius 3 is 2.57 bits per heavy atom. The zero-order valence-electron chi connectivity index (χ0n) is 14.9. The third kappa shape index (κ3) is 3.89. The van der Waals surface area contributed by atoms with Gasteiger partial charge in [0.05, 0.1) is 0 Å². The van der Waals surface area contributed by atoms with Crippen molar-refractivity contribution in [2.24, 2.45) is 0 Å². The number of halogens is 3. The number of H-pyrrole nitrogens is 1. The highest BCUT2D eigenvalue weighted by molar-refractivity contribution is 6.04. The third-order valence-corrected chi connectivity index (χ3v) is 4.29. The van der Waals surface area contributed by atoms with Gasteiger partial charge in [-0.1, -0.05) is 0 Å². The summed E-state index contributed by atoms with van der Waals surface area (Å²) in [6, 6.07) is 6.67. The number of aliphatic hydroxyl groups is 1. The van der Waals surface area contributed by atoms with Crippen molar-refractivity contribution in [2.45, 2.75) is 26.1 Å². The average molecular weight is 391 g/mol. The number of amides is 1. The minimum Gasteiger partial charge on any atom is -0.379 e. The molecule has 3 aromatic rings. The first-order valence-corrected chi connectivity index (χ1v) is 8.22. The standard InChI is InChI=1S/C19H16F3N3O3/c1-9-6-16(26)24-14-5-10(2)13(8-12(9)14)25-18(28)15-7-11(3-4-23-15)17(27)19(20,21)22/h3-8,17,27H,1-2H3,(H,24,26)(H,25,28). The molecule has 1 aromatic carbocycles. The van der Waals surface area contributed by atoms with Gasteiger partial charge in [0.25, 0.3) is 5.91 Å². The van der Waals surface area contributed by atoms with Crippen molar-refractivity contribution in [1.82, 2.24) is 9.97 Å². The van der Waals surface area contributed by atoms with E-state index in [1.165, 1.54) is 6.07 Å². The Balaban J connectivity index is 1.93. The van der Waals surface area contributed by atoms with E-state index in [0.29, 0.717) is 22.3 Å². The lowest BCUT2D eigenvalue weighted by Crippen LogP contribution is -2.21. The maximum atomic E-state index is 12.7. The van der Waals surface area contributed by atoms with Crippen LogP contribution >= 0.6 is 0 Å². The highest BCUT2D eigenvalue weighted by atomic mass is 19.4. The van der Waals surface area contributed by atoms with Crippen molar-refractivity contribution in [3.8, 4) is 0 Å². The fourth-order valence-electron chi connectivity index (χ4n) is 2.83. The normalized spacial score (nSPS) is 12.8. The Morgan fingerprint density at radius 1 is 1.18 bits per heavy atom. The van der Waals surface area contributed by atoms with Gasteiger partial charge in [0.15, 0.2) is 6.10 Å². The summed E-state index contributed by atoms with van der Waals surface area (Å²) in [7, 11) is 0. The number of hydrogen-bond donors (Lipinski definition) is 3. The molecule has 0 radical (unpaired) electrons. The Hall–Kier alpha value is -3.20. The minimum absolute atomic E-state index is 0.245. The number of carbonyl (C=O) groups excluding carboxylic acids is 1. The number of aryl methyl sites for hydroxylation is 2. The number of nitrogens with zero attached hydrogens (tertiary/aromatic N) is 1. The smallest absolute Gasteiger partial charge is 0.379 e. The van der Waals surface area contributed by atoms with Crippen LogP contribution in [0.1, 0.15) is 33.3 Å². The van der Waals surface area contributed by atoms with Gasteiger partial charge in [0.2, 0.25) is 5.56 Å². The summed E-state index contributed by atoms with van der Waals surface area (Å²) in [6.45, 7) is 3.47. The molecule has 1 amide bonds. The van der Waals surface area contributed by atoms with E-state index in [1.807, 2.05) is 0 Å². The molecule has 28 heavy (non-hydrogen) atoms. The quantitative estimate of drug-likeness (QED) is 0.638. The van der Waals surface area contributed by atoms with Gasteiger partial charge in [-0.05, 0) is 54.8 Å². The molecule has 6 nitrogen and oxygen atoms in total. The maximum absolute atomic E-state index is 12.7. The van der Waals surface area contributed by atoms with Crippen LogP contribution in [0.25, 0.3) is 10.9 Å². The van der Waals surface area contributed by atoms with Crippen molar-refractivity contribution < 1.29 is 23.1 Å². The van der Waals surface area contributed by atoms with Crippen LogP contribution in [0.5, 0.6) is 0 Å². The summed E-state index contributed by atoms with van der Waals surface area (Å²) < 4.78 is 38.1. The van der Waals surface area contributed by atoms with Crippen molar-refractivity contribution >= 4 is 22.5 Å². The van der Waals surface area contributed by atoms with Crippen LogP contribution in [0, 0.1) is 13.8 Å². The monoisotopic (exact) mass is 391 g/mol. The van der Waals surface area contributed by atoms with Crippen LogP contribution in [0.15, 0.2) is 41.3 Å². The lowest BCUT2D eigenvalue weighted by molar-refractivity contribution is -0.206. The summed E-state index contributed by atoms with van der Waals surface area (Å²) in [5.74, 6) is -0.722. The lowest BCUT2D eigenvalue weighted by atomic mass is 10.1. The highest BCUT2D eigenvalue weighted by Gasteiger charge is 2.39. The minimum atomic E-state index is -4.85.